The molecule has 1 aromatic carbocycles. The lowest BCUT2D eigenvalue weighted by molar-refractivity contribution is -0.117. The van der Waals surface area contributed by atoms with Crippen LogP contribution in [-0.4, -0.2) is 26.6 Å². The largest absolute Gasteiger partial charge is 0.311 e. The number of amides is 1. The van der Waals surface area contributed by atoms with Crippen molar-refractivity contribution in [1.29, 1.82) is 0 Å². The van der Waals surface area contributed by atoms with Crippen molar-refractivity contribution in [3.8, 4) is 0 Å². The maximum Gasteiger partial charge on any atom is 0.227 e. The first-order valence-electron chi connectivity index (χ1n) is 5.42. The summed E-state index contributed by atoms with van der Waals surface area (Å²) in [6, 6.07) is 7.35. The molecule has 98 valence electrons. The number of hydrogen-bond acceptors (Lipinski definition) is 3. The predicted octanol–water partition coefficient (Wildman–Crippen LogP) is 1.09. The molecule has 1 atom stereocenters. The maximum atomic E-state index is 11.9. The summed E-state index contributed by atoms with van der Waals surface area (Å²) in [6.45, 7) is 0.387. The molecule has 2 rings (SSSR count). The minimum absolute atomic E-state index is 0.0736. The minimum atomic E-state index is -3.54. The van der Waals surface area contributed by atoms with Gasteiger partial charge in [-0.3, -0.25) is 4.79 Å². The number of nitrogens with zero attached hydrogens (tertiary/aromatic N) is 1. The number of nitrogens with two attached hydrogens (primary N) is 1. The van der Waals surface area contributed by atoms with Gasteiger partial charge in [-0.15, -0.1) is 0 Å². The molecule has 1 saturated heterocycles. The van der Waals surface area contributed by atoms with Crippen molar-refractivity contribution in [2.45, 2.75) is 6.42 Å². The molecule has 1 heterocycles. The van der Waals surface area contributed by atoms with E-state index in [9.17, 15) is 13.2 Å². The van der Waals surface area contributed by atoms with E-state index < -0.39 is 10.0 Å². The van der Waals surface area contributed by atoms with Crippen LogP contribution in [0.3, 0.4) is 0 Å². The van der Waals surface area contributed by atoms with Crippen LogP contribution in [0.25, 0.3) is 0 Å². The van der Waals surface area contributed by atoms with E-state index in [1.165, 1.54) is 0 Å². The van der Waals surface area contributed by atoms with E-state index in [4.69, 9.17) is 5.14 Å². The van der Waals surface area contributed by atoms with Crippen molar-refractivity contribution in [1.82, 2.24) is 0 Å². The monoisotopic (exact) mass is 332 g/mol. The highest BCUT2D eigenvalue weighted by atomic mass is 79.9. The third kappa shape index (κ3) is 3.09. The predicted molar refractivity (Wildman–Crippen MR) is 72.6 cm³/mol. The van der Waals surface area contributed by atoms with Gasteiger partial charge in [0.2, 0.25) is 15.9 Å². The molecule has 1 aromatic rings. The van der Waals surface area contributed by atoms with E-state index in [2.05, 4.69) is 15.9 Å². The van der Waals surface area contributed by atoms with Gasteiger partial charge in [0.25, 0.3) is 0 Å². The summed E-state index contributed by atoms with van der Waals surface area (Å²) in [7, 11) is -3.54. The zero-order valence-electron chi connectivity index (χ0n) is 9.54. The number of halogens is 1. The van der Waals surface area contributed by atoms with E-state index in [0.717, 1.165) is 10.2 Å². The normalized spacial score (nSPS) is 20.4. The van der Waals surface area contributed by atoms with Gasteiger partial charge in [-0.05, 0) is 28.1 Å². The summed E-state index contributed by atoms with van der Waals surface area (Å²) in [4.78, 5) is 13.5. The van der Waals surface area contributed by atoms with Gasteiger partial charge in [-0.25, -0.2) is 13.6 Å². The van der Waals surface area contributed by atoms with Gasteiger partial charge in [-0.1, -0.05) is 12.1 Å². The van der Waals surface area contributed by atoms with Gasteiger partial charge in [0, 0.05) is 23.4 Å². The molecule has 1 aliphatic rings. The molecule has 0 aliphatic carbocycles. The van der Waals surface area contributed by atoms with Crippen LogP contribution in [0.1, 0.15) is 6.42 Å². The quantitative estimate of drug-likeness (QED) is 0.899. The van der Waals surface area contributed by atoms with E-state index >= 15 is 0 Å². The molecule has 5 nitrogen and oxygen atoms in total. The number of carbonyl (C=O) groups excluding carboxylic acids is 1. The molecule has 0 spiro atoms. The first-order valence-corrected chi connectivity index (χ1v) is 7.93. The zero-order valence-corrected chi connectivity index (χ0v) is 11.9. The first-order chi connectivity index (χ1) is 8.37. The third-order valence-corrected chi connectivity index (χ3v) is 4.42. The first kappa shape index (κ1) is 13.5. The summed E-state index contributed by atoms with van der Waals surface area (Å²) in [6.07, 6.45) is 0.220. The Kier molecular flexibility index (Phi) is 3.74. The lowest BCUT2D eigenvalue weighted by Gasteiger charge is -2.18. The standard InChI is InChI=1S/C11H13BrN2O3S/c12-9-3-1-2-4-10(9)14-6-8(5-11(14)15)7-18(13,16)17/h1-4,8H,5-7H2,(H2,13,16,17). The number of carbonyl (C=O) groups is 1. The van der Waals surface area contributed by atoms with Crippen LogP contribution in [0, 0.1) is 5.92 Å². The van der Waals surface area contributed by atoms with Crippen molar-refractivity contribution in [2.75, 3.05) is 17.2 Å². The van der Waals surface area contributed by atoms with Crippen molar-refractivity contribution in [3.63, 3.8) is 0 Å². The zero-order chi connectivity index (χ0) is 13.3. The second-order valence-electron chi connectivity index (χ2n) is 4.36. The lowest BCUT2D eigenvalue weighted by Crippen LogP contribution is -2.27. The van der Waals surface area contributed by atoms with Crippen LogP contribution < -0.4 is 10.0 Å². The lowest BCUT2D eigenvalue weighted by atomic mass is 10.1. The molecule has 0 bridgehead atoms. The van der Waals surface area contributed by atoms with Crippen LogP contribution in [0.15, 0.2) is 28.7 Å². The van der Waals surface area contributed by atoms with Gasteiger partial charge in [-0.2, -0.15) is 0 Å². The van der Waals surface area contributed by atoms with Crippen LogP contribution in [0.2, 0.25) is 0 Å². The van der Waals surface area contributed by atoms with E-state index in [1.807, 2.05) is 24.3 Å². The Balaban J connectivity index is 2.18. The fourth-order valence-corrected chi connectivity index (χ4v) is 3.50. The molecule has 2 N–H and O–H groups in total. The number of hydrogen-bond donors (Lipinski definition) is 1. The molecule has 18 heavy (non-hydrogen) atoms. The van der Waals surface area contributed by atoms with Gasteiger partial charge in [0.1, 0.15) is 0 Å². The van der Waals surface area contributed by atoms with E-state index in [0.29, 0.717) is 6.54 Å². The summed E-state index contributed by atoms with van der Waals surface area (Å²) >= 11 is 3.38. The second-order valence-corrected chi connectivity index (χ2v) is 6.87. The van der Waals surface area contributed by atoms with Crippen LogP contribution in [-0.2, 0) is 14.8 Å². The molecular weight excluding hydrogens is 320 g/mol. The van der Waals surface area contributed by atoms with Crippen LogP contribution in [0.4, 0.5) is 5.69 Å². The highest BCUT2D eigenvalue weighted by molar-refractivity contribution is 9.10. The Hall–Kier alpha value is -0.920. The molecule has 7 heteroatoms. The molecular formula is C11H13BrN2O3S. The van der Waals surface area contributed by atoms with Crippen molar-refractivity contribution in [2.24, 2.45) is 11.1 Å². The minimum Gasteiger partial charge on any atom is -0.311 e. The van der Waals surface area contributed by atoms with Crippen LogP contribution in [0.5, 0.6) is 0 Å². The van der Waals surface area contributed by atoms with Crippen molar-refractivity contribution >= 4 is 37.5 Å². The molecule has 0 radical (unpaired) electrons. The molecule has 0 aromatic heterocycles. The molecule has 0 saturated carbocycles. The Morgan fingerprint density at radius 1 is 1.39 bits per heavy atom. The topological polar surface area (TPSA) is 80.5 Å². The summed E-state index contributed by atoms with van der Waals surface area (Å²) in [5.74, 6) is -0.463. The van der Waals surface area contributed by atoms with Gasteiger partial charge < -0.3 is 4.90 Å². The smallest absolute Gasteiger partial charge is 0.227 e. The number of para-hydroxylation sites is 1. The van der Waals surface area contributed by atoms with E-state index in [1.54, 1.807) is 4.90 Å². The Morgan fingerprint density at radius 2 is 2.06 bits per heavy atom. The van der Waals surface area contributed by atoms with Gasteiger partial charge >= 0.3 is 0 Å². The Bertz CT molecular complexity index is 573. The summed E-state index contributed by atoms with van der Waals surface area (Å²) < 4.78 is 22.9. The third-order valence-electron chi connectivity index (χ3n) is 2.82. The Morgan fingerprint density at radius 3 is 2.67 bits per heavy atom. The SMILES string of the molecule is NS(=O)(=O)CC1CC(=O)N(c2ccccc2Br)C1. The highest BCUT2D eigenvalue weighted by Crippen LogP contribution is 2.31. The summed E-state index contributed by atoms with van der Waals surface area (Å²) in [5, 5.41) is 5.01. The molecule has 1 fully saturated rings. The second kappa shape index (κ2) is 4.99. The fraction of sp³-hybridized carbons (Fsp3) is 0.364. The average molecular weight is 333 g/mol. The van der Waals surface area contributed by atoms with Crippen LogP contribution >= 0.6 is 15.9 Å². The molecule has 1 amide bonds. The molecule has 1 aliphatic heterocycles. The average Bonchev–Trinajstić information content (AvgIpc) is 2.57. The molecule has 1 unspecified atom stereocenters. The number of sulfonamides is 1. The van der Waals surface area contributed by atoms with Gasteiger partial charge in [0.15, 0.2) is 0 Å². The van der Waals surface area contributed by atoms with E-state index in [-0.39, 0.29) is 24.0 Å². The summed E-state index contributed by atoms with van der Waals surface area (Å²) in [5.41, 5.74) is 0.763. The number of primary sulfonamides is 1. The maximum absolute atomic E-state index is 11.9. The van der Waals surface area contributed by atoms with Crippen molar-refractivity contribution in [3.05, 3.63) is 28.7 Å². The number of anilines is 1. The highest BCUT2D eigenvalue weighted by Gasteiger charge is 2.33. The number of benzene rings is 1. The van der Waals surface area contributed by atoms with Gasteiger partial charge in [0.05, 0.1) is 11.4 Å². The Labute approximate surface area is 114 Å². The number of rotatable bonds is 3. The van der Waals surface area contributed by atoms with Crippen molar-refractivity contribution < 1.29 is 13.2 Å². The fourth-order valence-electron chi connectivity index (χ4n) is 2.13.